The van der Waals surface area contributed by atoms with E-state index in [1.54, 1.807) is 28.9 Å². The van der Waals surface area contributed by atoms with Crippen molar-refractivity contribution in [2.45, 2.75) is 115 Å². The number of aliphatic hydroxyl groups is 1. The number of rotatable bonds is 19. The Morgan fingerprint density at radius 2 is 1.95 bits per heavy atom. The van der Waals surface area contributed by atoms with Gasteiger partial charge in [-0.15, -0.1) is 13.2 Å². The molecule has 3 fully saturated rings. The van der Waals surface area contributed by atoms with Crippen LogP contribution < -0.4 is 5.32 Å². The predicted octanol–water partition coefficient (Wildman–Crippen LogP) is 3.13. The molecule has 3 aliphatic heterocycles. The van der Waals surface area contributed by atoms with Gasteiger partial charge in [0.2, 0.25) is 17.7 Å². The zero-order chi connectivity index (χ0) is 30.9. The lowest BCUT2D eigenvalue weighted by Gasteiger charge is -2.39. The molecule has 0 saturated carbocycles. The first-order valence-corrected chi connectivity index (χ1v) is 15.7. The third-order valence-electron chi connectivity index (χ3n) is 8.94. The van der Waals surface area contributed by atoms with E-state index in [1.807, 2.05) is 6.92 Å². The van der Waals surface area contributed by atoms with Crippen molar-refractivity contribution in [2.75, 3.05) is 26.2 Å². The lowest BCUT2D eigenvalue weighted by Crippen LogP contribution is -2.57. The van der Waals surface area contributed by atoms with Gasteiger partial charge >= 0.3 is 5.97 Å². The number of nitrogens with one attached hydrogen (secondary N) is 1. The number of hydrogen-bond donors (Lipinski definition) is 2. The highest BCUT2D eigenvalue weighted by atomic mass is 16.6. The lowest BCUT2D eigenvalue weighted by molar-refractivity contribution is -0.159. The number of carbonyl (C=O) groups is 4. The average Bonchev–Trinajstić information content (AvgIpc) is 3.60. The SMILES string of the molecule is C=CCCC(=O)NC[C@H](C)OC(=O)[C@@H]1[C@@H]2CC[C@]3(O2)[C@H](C(=O)N(CC=C)C(C)CCC)N(CCCCCCO)C(=O)[C@@H]13. The lowest BCUT2D eigenvalue weighted by atomic mass is 9.70. The van der Waals surface area contributed by atoms with Crippen molar-refractivity contribution in [3.8, 4) is 0 Å². The topological polar surface area (TPSA) is 125 Å². The summed E-state index contributed by atoms with van der Waals surface area (Å²) in [5, 5.41) is 11.9. The van der Waals surface area contributed by atoms with Crippen LogP contribution in [0.4, 0.5) is 0 Å². The normalized spacial score (nSPS) is 27.3. The molecule has 2 bridgehead atoms. The van der Waals surface area contributed by atoms with Crippen LogP contribution in [0.1, 0.15) is 85.0 Å². The van der Waals surface area contributed by atoms with Crippen LogP contribution in [0.25, 0.3) is 0 Å². The Kier molecular flexibility index (Phi) is 12.6. The molecule has 0 radical (unpaired) electrons. The molecule has 10 heteroatoms. The monoisotopic (exact) mass is 589 g/mol. The van der Waals surface area contributed by atoms with Gasteiger partial charge in [-0.2, -0.15) is 0 Å². The molecule has 3 aliphatic rings. The highest BCUT2D eigenvalue weighted by molar-refractivity contribution is 5.98. The Morgan fingerprint density at radius 1 is 1.21 bits per heavy atom. The second-order valence-corrected chi connectivity index (χ2v) is 12.0. The number of hydrogen-bond acceptors (Lipinski definition) is 7. The largest absolute Gasteiger partial charge is 0.460 e. The number of nitrogens with zero attached hydrogens (tertiary/aromatic N) is 2. The molecule has 2 N–H and O–H groups in total. The van der Waals surface area contributed by atoms with Crippen LogP contribution in [-0.4, -0.2) is 94.7 Å². The van der Waals surface area contributed by atoms with E-state index in [-0.39, 0.29) is 36.9 Å². The number of unbranched alkanes of at least 4 members (excludes halogenated alkanes) is 3. The summed E-state index contributed by atoms with van der Waals surface area (Å²) in [6.07, 6.45) is 9.01. The van der Waals surface area contributed by atoms with Crippen LogP contribution in [0.5, 0.6) is 0 Å². The van der Waals surface area contributed by atoms with Gasteiger partial charge in [0.15, 0.2) is 0 Å². The summed E-state index contributed by atoms with van der Waals surface area (Å²) in [4.78, 5) is 57.5. The van der Waals surface area contributed by atoms with E-state index >= 15 is 0 Å². The molecule has 1 spiro atoms. The van der Waals surface area contributed by atoms with Crippen LogP contribution in [0, 0.1) is 11.8 Å². The molecule has 3 rings (SSSR count). The summed E-state index contributed by atoms with van der Waals surface area (Å²) in [6, 6.07) is -0.865. The molecule has 7 atom stereocenters. The van der Waals surface area contributed by atoms with E-state index < -0.39 is 41.7 Å². The van der Waals surface area contributed by atoms with Crippen LogP contribution in [-0.2, 0) is 28.7 Å². The van der Waals surface area contributed by atoms with E-state index in [0.717, 1.165) is 25.7 Å². The van der Waals surface area contributed by atoms with Gasteiger partial charge in [0.25, 0.3) is 0 Å². The molecule has 236 valence electrons. The molecule has 0 aromatic carbocycles. The Morgan fingerprint density at radius 3 is 2.62 bits per heavy atom. The summed E-state index contributed by atoms with van der Waals surface area (Å²) in [5.41, 5.74) is -1.08. The number of likely N-dealkylation sites (tertiary alicyclic amines) is 1. The minimum absolute atomic E-state index is 0.0423. The van der Waals surface area contributed by atoms with Crippen LogP contribution in [0.3, 0.4) is 0 Å². The van der Waals surface area contributed by atoms with Crippen molar-refractivity contribution in [3.05, 3.63) is 25.3 Å². The molecule has 10 nitrogen and oxygen atoms in total. The first-order valence-electron chi connectivity index (χ1n) is 15.7. The molecular weight excluding hydrogens is 538 g/mol. The van der Waals surface area contributed by atoms with Crippen molar-refractivity contribution in [3.63, 3.8) is 0 Å². The third kappa shape index (κ3) is 7.25. The maximum Gasteiger partial charge on any atom is 0.312 e. The van der Waals surface area contributed by atoms with Gasteiger partial charge in [-0.3, -0.25) is 19.2 Å². The van der Waals surface area contributed by atoms with Gasteiger partial charge in [0.1, 0.15) is 17.7 Å². The van der Waals surface area contributed by atoms with Crippen LogP contribution in [0.2, 0.25) is 0 Å². The molecule has 42 heavy (non-hydrogen) atoms. The number of fused-ring (bicyclic) bond motifs is 1. The summed E-state index contributed by atoms with van der Waals surface area (Å²) >= 11 is 0. The second-order valence-electron chi connectivity index (χ2n) is 12.0. The Labute approximate surface area is 250 Å². The number of allylic oxidation sites excluding steroid dienone is 1. The summed E-state index contributed by atoms with van der Waals surface area (Å²) < 4.78 is 12.3. The Bertz CT molecular complexity index is 987. The number of ether oxygens (including phenoxy) is 2. The second kappa shape index (κ2) is 15.7. The Hall–Kier alpha value is -2.72. The van der Waals surface area contributed by atoms with E-state index in [2.05, 4.69) is 25.4 Å². The molecule has 3 saturated heterocycles. The highest BCUT2D eigenvalue weighted by Crippen LogP contribution is 2.59. The number of amides is 3. The van der Waals surface area contributed by atoms with Gasteiger partial charge in [-0.05, 0) is 52.4 Å². The summed E-state index contributed by atoms with van der Waals surface area (Å²) in [7, 11) is 0. The van der Waals surface area contributed by atoms with Gasteiger partial charge < -0.3 is 29.7 Å². The van der Waals surface area contributed by atoms with Crippen LogP contribution >= 0.6 is 0 Å². The van der Waals surface area contributed by atoms with Crippen molar-refractivity contribution in [1.82, 2.24) is 15.1 Å². The number of aliphatic hydroxyl groups excluding tert-OH is 1. The average molecular weight is 590 g/mol. The molecule has 0 aromatic heterocycles. The molecule has 3 heterocycles. The first kappa shape index (κ1) is 33.8. The third-order valence-corrected chi connectivity index (χ3v) is 8.94. The molecule has 1 unspecified atom stereocenters. The zero-order valence-electron chi connectivity index (χ0n) is 25.7. The first-order chi connectivity index (χ1) is 20.2. The van der Waals surface area contributed by atoms with Gasteiger partial charge in [0, 0.05) is 32.2 Å². The summed E-state index contributed by atoms with van der Waals surface area (Å²) in [6.45, 7) is 14.3. The van der Waals surface area contributed by atoms with E-state index in [4.69, 9.17) is 14.6 Å². The minimum atomic E-state index is -1.08. The van der Waals surface area contributed by atoms with Crippen molar-refractivity contribution in [2.24, 2.45) is 11.8 Å². The Balaban J connectivity index is 1.84. The smallest absolute Gasteiger partial charge is 0.312 e. The van der Waals surface area contributed by atoms with E-state index in [1.165, 1.54) is 0 Å². The zero-order valence-corrected chi connectivity index (χ0v) is 25.7. The van der Waals surface area contributed by atoms with Crippen molar-refractivity contribution < 1.29 is 33.8 Å². The standard InChI is InChI=1S/C32H51N3O7/c1-6-9-15-25(37)33-21-23(5)41-31(40)26-24-16-17-32(42-24)27(26)29(38)35(19-12-10-11-13-20-36)28(32)30(39)34(18-8-3)22(4)14-7-2/h6,8,22-24,26-28,36H,1,3,7,9-21H2,2,4-5H3,(H,33,37)/t22?,23-,24-,26+,27+,28-,32+/m0/s1. The van der Waals surface area contributed by atoms with Gasteiger partial charge in [0.05, 0.1) is 24.5 Å². The fourth-order valence-corrected chi connectivity index (χ4v) is 6.94. The van der Waals surface area contributed by atoms with E-state index in [9.17, 15) is 19.2 Å². The van der Waals surface area contributed by atoms with Gasteiger partial charge in [-0.1, -0.05) is 38.3 Å². The quantitative estimate of drug-likeness (QED) is 0.135. The fourth-order valence-electron chi connectivity index (χ4n) is 6.94. The molecule has 3 amide bonds. The predicted molar refractivity (Wildman–Crippen MR) is 159 cm³/mol. The molecule has 0 aliphatic carbocycles. The molecular formula is C32H51N3O7. The van der Waals surface area contributed by atoms with Crippen LogP contribution in [0.15, 0.2) is 25.3 Å². The maximum atomic E-state index is 14.4. The number of esters is 1. The van der Waals surface area contributed by atoms with Gasteiger partial charge in [-0.25, -0.2) is 0 Å². The highest BCUT2D eigenvalue weighted by Gasteiger charge is 2.75. The summed E-state index contributed by atoms with van der Waals surface area (Å²) in [5.74, 6) is -2.66. The van der Waals surface area contributed by atoms with E-state index in [0.29, 0.717) is 51.6 Å². The molecule has 0 aromatic rings. The minimum Gasteiger partial charge on any atom is -0.460 e. The van der Waals surface area contributed by atoms with Crippen molar-refractivity contribution >= 4 is 23.7 Å². The fraction of sp³-hybridized carbons (Fsp3) is 0.750. The maximum absolute atomic E-state index is 14.4. The number of carbonyl (C=O) groups excluding carboxylic acids is 4. The van der Waals surface area contributed by atoms with Crippen molar-refractivity contribution in [1.29, 1.82) is 0 Å².